The molecule has 36 heavy (non-hydrogen) atoms. The van der Waals surface area contributed by atoms with Gasteiger partial charge in [-0.3, -0.25) is 14.4 Å². The van der Waals surface area contributed by atoms with Crippen molar-refractivity contribution in [2.45, 2.75) is 13.5 Å². The number of rotatable bonds is 8. The Bertz CT molecular complexity index is 1530. The number of anilines is 1. The van der Waals surface area contributed by atoms with Gasteiger partial charge in [-0.05, 0) is 43.3 Å². The van der Waals surface area contributed by atoms with Crippen molar-refractivity contribution < 1.29 is 23.8 Å². The molecule has 0 saturated carbocycles. The molecule has 0 unspecified atom stereocenters. The summed E-state index contributed by atoms with van der Waals surface area (Å²) in [6.45, 7) is 1.58. The molecule has 0 aliphatic rings. The highest BCUT2D eigenvalue weighted by atomic mass is 16.5. The number of pyridine rings is 2. The molecule has 2 aromatic carbocycles. The molecule has 0 aliphatic carbocycles. The van der Waals surface area contributed by atoms with E-state index in [1.165, 1.54) is 32.1 Å². The standard InChI is InChI=1S/C27H25N3O6/c1-16-8-10-20-26(33)21(25(32)17-6-5-7-18(12-17)34-2)14-30(27(20)28-16)15-24(31)29-22-13-19(35-3)9-11-23(22)36-4/h5-14H,15H2,1-4H3,(H,29,31). The van der Waals surface area contributed by atoms with Crippen LogP contribution in [0.25, 0.3) is 11.0 Å². The van der Waals surface area contributed by atoms with E-state index in [-0.39, 0.29) is 17.5 Å². The summed E-state index contributed by atoms with van der Waals surface area (Å²) >= 11 is 0. The third-order valence-corrected chi connectivity index (χ3v) is 5.63. The van der Waals surface area contributed by atoms with Crippen LogP contribution in [-0.2, 0) is 11.3 Å². The van der Waals surface area contributed by atoms with Crippen molar-refractivity contribution in [3.63, 3.8) is 0 Å². The highest BCUT2D eigenvalue weighted by molar-refractivity contribution is 6.10. The minimum Gasteiger partial charge on any atom is -0.497 e. The average molecular weight is 488 g/mol. The fourth-order valence-corrected chi connectivity index (χ4v) is 3.82. The van der Waals surface area contributed by atoms with Crippen LogP contribution >= 0.6 is 0 Å². The molecule has 4 aromatic rings. The summed E-state index contributed by atoms with van der Waals surface area (Å²) < 4.78 is 17.3. The Morgan fingerprint density at radius 3 is 2.42 bits per heavy atom. The normalized spacial score (nSPS) is 10.7. The molecule has 9 nitrogen and oxygen atoms in total. The fraction of sp³-hybridized carbons (Fsp3) is 0.185. The highest BCUT2D eigenvalue weighted by Crippen LogP contribution is 2.29. The molecule has 0 bridgehead atoms. The number of hydrogen-bond donors (Lipinski definition) is 1. The quantitative estimate of drug-likeness (QED) is 0.378. The monoisotopic (exact) mass is 487 g/mol. The number of aryl methyl sites for hydroxylation is 1. The van der Waals surface area contributed by atoms with Gasteiger partial charge in [0.05, 0.1) is 38.0 Å². The molecule has 1 amide bonds. The van der Waals surface area contributed by atoms with Gasteiger partial charge < -0.3 is 24.1 Å². The topological polar surface area (TPSA) is 109 Å². The van der Waals surface area contributed by atoms with E-state index in [0.717, 1.165) is 0 Å². The van der Waals surface area contributed by atoms with Gasteiger partial charge in [-0.15, -0.1) is 0 Å². The Kier molecular flexibility index (Phi) is 7.00. The number of benzene rings is 2. The van der Waals surface area contributed by atoms with Crippen molar-refractivity contribution in [1.82, 2.24) is 9.55 Å². The van der Waals surface area contributed by atoms with Crippen molar-refractivity contribution in [2.75, 3.05) is 26.6 Å². The Morgan fingerprint density at radius 1 is 0.944 bits per heavy atom. The van der Waals surface area contributed by atoms with Crippen LogP contribution in [0.4, 0.5) is 5.69 Å². The molecule has 0 aliphatic heterocycles. The van der Waals surface area contributed by atoms with Gasteiger partial charge in [-0.25, -0.2) is 4.98 Å². The van der Waals surface area contributed by atoms with Gasteiger partial charge in [0.2, 0.25) is 11.3 Å². The number of carbonyl (C=O) groups excluding carboxylic acids is 2. The summed E-state index contributed by atoms with van der Waals surface area (Å²) in [4.78, 5) is 44.1. The lowest BCUT2D eigenvalue weighted by molar-refractivity contribution is -0.116. The first kappa shape index (κ1) is 24.5. The van der Waals surface area contributed by atoms with E-state index in [0.29, 0.717) is 39.8 Å². The van der Waals surface area contributed by atoms with Crippen LogP contribution in [0.2, 0.25) is 0 Å². The van der Waals surface area contributed by atoms with Crippen LogP contribution in [-0.4, -0.2) is 42.6 Å². The third kappa shape index (κ3) is 4.90. The number of methoxy groups -OCH3 is 3. The lowest BCUT2D eigenvalue weighted by Gasteiger charge is -2.15. The van der Waals surface area contributed by atoms with Gasteiger partial charge >= 0.3 is 0 Å². The summed E-state index contributed by atoms with van der Waals surface area (Å²) in [7, 11) is 4.52. The minimum absolute atomic E-state index is 0.0758. The molecular formula is C27H25N3O6. The zero-order valence-corrected chi connectivity index (χ0v) is 20.3. The van der Waals surface area contributed by atoms with E-state index >= 15 is 0 Å². The van der Waals surface area contributed by atoms with Crippen LogP contribution in [0.1, 0.15) is 21.6 Å². The highest BCUT2D eigenvalue weighted by Gasteiger charge is 2.20. The first-order valence-corrected chi connectivity index (χ1v) is 11.1. The van der Waals surface area contributed by atoms with Crippen LogP contribution in [0.3, 0.4) is 0 Å². The Labute approximate surface area is 207 Å². The van der Waals surface area contributed by atoms with Gasteiger partial charge in [0, 0.05) is 23.5 Å². The lowest BCUT2D eigenvalue weighted by Crippen LogP contribution is -2.25. The second-order valence-electron chi connectivity index (χ2n) is 8.00. The summed E-state index contributed by atoms with van der Waals surface area (Å²) in [6, 6.07) is 14.9. The van der Waals surface area contributed by atoms with Crippen molar-refractivity contribution >= 4 is 28.4 Å². The van der Waals surface area contributed by atoms with Crippen molar-refractivity contribution in [3.8, 4) is 17.2 Å². The first-order valence-electron chi connectivity index (χ1n) is 11.1. The number of ketones is 1. The number of aromatic nitrogens is 2. The molecule has 0 radical (unpaired) electrons. The molecule has 4 rings (SSSR count). The number of fused-ring (bicyclic) bond motifs is 1. The zero-order chi connectivity index (χ0) is 25.8. The van der Waals surface area contributed by atoms with E-state index in [9.17, 15) is 14.4 Å². The van der Waals surface area contributed by atoms with Crippen molar-refractivity contribution in [1.29, 1.82) is 0 Å². The molecule has 0 fully saturated rings. The van der Waals surface area contributed by atoms with Gasteiger partial charge in [-0.2, -0.15) is 0 Å². The molecule has 2 aromatic heterocycles. The maximum atomic E-state index is 13.3. The van der Waals surface area contributed by atoms with Gasteiger partial charge in [0.15, 0.2) is 5.78 Å². The molecule has 0 atom stereocenters. The summed E-state index contributed by atoms with van der Waals surface area (Å²) in [6.07, 6.45) is 1.38. The van der Waals surface area contributed by atoms with E-state index in [2.05, 4.69) is 10.3 Å². The van der Waals surface area contributed by atoms with E-state index < -0.39 is 17.1 Å². The van der Waals surface area contributed by atoms with Crippen LogP contribution < -0.4 is 25.0 Å². The Hall–Kier alpha value is -4.66. The minimum atomic E-state index is -0.481. The number of ether oxygens (including phenoxy) is 3. The predicted molar refractivity (Wildman–Crippen MR) is 135 cm³/mol. The van der Waals surface area contributed by atoms with Crippen LogP contribution in [0.5, 0.6) is 17.2 Å². The number of nitrogens with zero attached hydrogens (tertiary/aromatic N) is 2. The zero-order valence-electron chi connectivity index (χ0n) is 20.3. The molecule has 184 valence electrons. The SMILES string of the molecule is COc1cccc(C(=O)c2cn(CC(=O)Nc3cc(OC)ccc3OC)c3nc(C)ccc3c2=O)c1. The number of hydrogen-bond acceptors (Lipinski definition) is 7. The molecule has 0 spiro atoms. The largest absolute Gasteiger partial charge is 0.497 e. The van der Waals surface area contributed by atoms with E-state index in [1.54, 1.807) is 61.5 Å². The molecular weight excluding hydrogens is 462 g/mol. The van der Waals surface area contributed by atoms with Gasteiger partial charge in [-0.1, -0.05) is 12.1 Å². The molecule has 0 saturated heterocycles. The smallest absolute Gasteiger partial charge is 0.244 e. The summed E-state index contributed by atoms with van der Waals surface area (Å²) in [5, 5.41) is 3.04. The van der Waals surface area contributed by atoms with Gasteiger partial charge in [0.25, 0.3) is 0 Å². The number of amides is 1. The maximum Gasteiger partial charge on any atom is 0.244 e. The summed E-state index contributed by atoms with van der Waals surface area (Å²) in [5.74, 6) is 0.602. The molecule has 2 heterocycles. The molecule has 1 N–H and O–H groups in total. The lowest BCUT2D eigenvalue weighted by atomic mass is 10.0. The summed E-state index contributed by atoms with van der Waals surface area (Å²) in [5.41, 5.74) is 1.14. The van der Waals surface area contributed by atoms with Gasteiger partial charge in [0.1, 0.15) is 29.4 Å². The van der Waals surface area contributed by atoms with Crippen molar-refractivity contribution in [3.05, 3.63) is 87.8 Å². The van der Waals surface area contributed by atoms with E-state index in [1.807, 2.05) is 0 Å². The first-order chi connectivity index (χ1) is 17.3. The fourth-order valence-electron chi connectivity index (χ4n) is 3.82. The van der Waals surface area contributed by atoms with Crippen LogP contribution in [0, 0.1) is 6.92 Å². The Balaban J connectivity index is 1.76. The number of carbonyl (C=O) groups is 2. The average Bonchev–Trinajstić information content (AvgIpc) is 2.89. The van der Waals surface area contributed by atoms with E-state index in [4.69, 9.17) is 14.2 Å². The number of nitrogens with one attached hydrogen (secondary N) is 1. The third-order valence-electron chi connectivity index (χ3n) is 5.63. The Morgan fingerprint density at radius 2 is 1.69 bits per heavy atom. The van der Waals surface area contributed by atoms with Crippen LogP contribution in [0.15, 0.2) is 65.6 Å². The van der Waals surface area contributed by atoms with Crippen molar-refractivity contribution in [2.24, 2.45) is 0 Å². The second-order valence-corrected chi connectivity index (χ2v) is 8.00. The second kappa shape index (κ2) is 10.3. The predicted octanol–water partition coefficient (Wildman–Crippen LogP) is 3.60. The maximum absolute atomic E-state index is 13.3. The molecule has 9 heteroatoms.